The Bertz CT molecular complexity index is 222. The summed E-state index contributed by atoms with van der Waals surface area (Å²) in [7, 11) is 0. The van der Waals surface area contributed by atoms with Gasteiger partial charge in [0.25, 0.3) is 0 Å². The summed E-state index contributed by atoms with van der Waals surface area (Å²) in [5, 5.41) is 0. The first-order valence-electron chi connectivity index (χ1n) is 4.92. The van der Waals surface area contributed by atoms with E-state index in [1.807, 2.05) is 6.21 Å². The Morgan fingerprint density at radius 3 is 2.46 bits per heavy atom. The van der Waals surface area contributed by atoms with Crippen molar-refractivity contribution < 1.29 is 0 Å². The number of allylic oxidation sites excluding steroid dienone is 3. The lowest BCUT2D eigenvalue weighted by atomic mass is 9.93. The van der Waals surface area contributed by atoms with Crippen LogP contribution in [0.2, 0.25) is 0 Å². The summed E-state index contributed by atoms with van der Waals surface area (Å²) >= 11 is 0. The van der Waals surface area contributed by atoms with Crippen molar-refractivity contribution in [3.63, 3.8) is 0 Å². The molecule has 0 N–H and O–H groups in total. The summed E-state index contributed by atoms with van der Waals surface area (Å²) in [6.45, 7) is 8.66. The molecule has 0 aliphatic carbocycles. The second kappa shape index (κ2) is 3.91. The van der Waals surface area contributed by atoms with Crippen molar-refractivity contribution in [2.45, 2.75) is 33.7 Å². The number of rotatable bonds is 0. The quantitative estimate of drug-likeness (QED) is 0.504. The maximum absolute atomic E-state index is 4.47. The van der Waals surface area contributed by atoms with Crippen molar-refractivity contribution in [1.82, 2.24) is 0 Å². The number of hydrogen-bond acceptors (Lipinski definition) is 1. The van der Waals surface area contributed by atoms with Crippen LogP contribution in [0.4, 0.5) is 0 Å². The van der Waals surface area contributed by atoms with Gasteiger partial charge in [-0.2, -0.15) is 0 Å². The van der Waals surface area contributed by atoms with E-state index in [1.54, 1.807) is 0 Å². The van der Waals surface area contributed by atoms with Crippen molar-refractivity contribution in [2.24, 2.45) is 16.3 Å². The average molecular weight is 177 g/mol. The van der Waals surface area contributed by atoms with Gasteiger partial charge >= 0.3 is 0 Å². The number of hydrogen-bond donors (Lipinski definition) is 0. The molecule has 2 unspecified atom stereocenters. The predicted molar refractivity (Wildman–Crippen MR) is 59.2 cm³/mol. The van der Waals surface area contributed by atoms with Gasteiger partial charge < -0.3 is 0 Å². The summed E-state index contributed by atoms with van der Waals surface area (Å²) in [5.74, 6) is 0.517. The van der Waals surface area contributed by atoms with E-state index in [0.29, 0.717) is 12.0 Å². The Balaban J connectivity index is 2.88. The highest BCUT2D eigenvalue weighted by molar-refractivity contribution is 5.67. The van der Waals surface area contributed by atoms with Crippen LogP contribution >= 0.6 is 0 Å². The summed E-state index contributed by atoms with van der Waals surface area (Å²) < 4.78 is 0. The van der Waals surface area contributed by atoms with Crippen LogP contribution in [-0.2, 0) is 0 Å². The molecule has 0 fully saturated rings. The fourth-order valence-electron chi connectivity index (χ4n) is 1.20. The molecular weight excluding hydrogens is 158 g/mol. The lowest BCUT2D eigenvalue weighted by Gasteiger charge is -2.13. The van der Waals surface area contributed by atoms with E-state index < -0.39 is 0 Å². The zero-order valence-corrected chi connectivity index (χ0v) is 8.99. The third kappa shape index (κ3) is 3.58. The van der Waals surface area contributed by atoms with Gasteiger partial charge in [-0.05, 0) is 12.8 Å². The van der Waals surface area contributed by atoms with E-state index in [1.165, 1.54) is 0 Å². The highest BCUT2D eigenvalue weighted by Gasteiger charge is 2.11. The highest BCUT2D eigenvalue weighted by atomic mass is 14.8. The van der Waals surface area contributed by atoms with Gasteiger partial charge in [0.2, 0.25) is 0 Å². The summed E-state index contributed by atoms with van der Waals surface area (Å²) in [6.07, 6.45) is 10.9. The summed E-state index contributed by atoms with van der Waals surface area (Å²) in [4.78, 5) is 4.47. The molecule has 0 aromatic heterocycles. The molecule has 13 heavy (non-hydrogen) atoms. The van der Waals surface area contributed by atoms with Crippen molar-refractivity contribution in [1.29, 1.82) is 0 Å². The smallest absolute Gasteiger partial charge is 0.0648 e. The molecule has 2 atom stereocenters. The molecule has 1 heterocycles. The summed E-state index contributed by atoms with van der Waals surface area (Å²) in [5.41, 5.74) is 0.0918. The molecule has 0 radical (unpaired) electrons. The van der Waals surface area contributed by atoms with Crippen LogP contribution in [-0.4, -0.2) is 12.3 Å². The molecule has 0 aromatic carbocycles. The number of aliphatic imine (C=N–C) groups is 1. The molecule has 0 saturated carbocycles. The van der Waals surface area contributed by atoms with Gasteiger partial charge in [-0.1, -0.05) is 45.1 Å². The van der Waals surface area contributed by atoms with E-state index in [9.17, 15) is 0 Å². The minimum absolute atomic E-state index is 0.0918. The lowest BCUT2D eigenvalue weighted by Crippen LogP contribution is -2.10. The Morgan fingerprint density at radius 1 is 1.08 bits per heavy atom. The van der Waals surface area contributed by atoms with Gasteiger partial charge in [-0.25, -0.2) is 0 Å². The van der Waals surface area contributed by atoms with Crippen LogP contribution in [0.1, 0.15) is 27.7 Å². The van der Waals surface area contributed by atoms with Crippen LogP contribution < -0.4 is 0 Å². The highest BCUT2D eigenvalue weighted by Crippen LogP contribution is 2.18. The molecule has 72 valence electrons. The monoisotopic (exact) mass is 177 g/mol. The lowest BCUT2D eigenvalue weighted by molar-refractivity contribution is 0.681. The molecule has 0 spiro atoms. The molecule has 0 aromatic rings. The first kappa shape index (κ1) is 10.2. The Morgan fingerprint density at radius 2 is 1.77 bits per heavy atom. The summed E-state index contributed by atoms with van der Waals surface area (Å²) in [6, 6.07) is 0.307. The largest absolute Gasteiger partial charge is 0.289 e. The minimum Gasteiger partial charge on any atom is -0.289 e. The van der Waals surface area contributed by atoms with Crippen molar-refractivity contribution >= 4 is 6.21 Å². The fourth-order valence-corrected chi connectivity index (χ4v) is 1.20. The van der Waals surface area contributed by atoms with Crippen molar-refractivity contribution in [2.75, 3.05) is 0 Å². The zero-order valence-electron chi connectivity index (χ0n) is 8.99. The van der Waals surface area contributed by atoms with Gasteiger partial charge in [0.1, 0.15) is 0 Å². The minimum atomic E-state index is 0.0918. The van der Waals surface area contributed by atoms with Gasteiger partial charge in [0.05, 0.1) is 6.04 Å². The van der Waals surface area contributed by atoms with E-state index >= 15 is 0 Å². The second-order valence-electron chi connectivity index (χ2n) is 4.44. The van der Waals surface area contributed by atoms with E-state index in [2.05, 4.69) is 57.0 Å². The maximum atomic E-state index is 4.47. The first-order valence-corrected chi connectivity index (χ1v) is 4.92. The van der Waals surface area contributed by atoms with Crippen LogP contribution in [0.5, 0.6) is 0 Å². The van der Waals surface area contributed by atoms with Crippen molar-refractivity contribution in [3.05, 3.63) is 24.3 Å². The van der Waals surface area contributed by atoms with Crippen LogP contribution in [0.3, 0.4) is 0 Å². The topological polar surface area (TPSA) is 12.4 Å². The molecule has 0 saturated heterocycles. The van der Waals surface area contributed by atoms with E-state index in [0.717, 1.165) is 0 Å². The van der Waals surface area contributed by atoms with E-state index in [4.69, 9.17) is 0 Å². The molecule has 1 rings (SSSR count). The molecule has 1 nitrogen and oxygen atoms in total. The molecule has 0 bridgehead atoms. The van der Waals surface area contributed by atoms with Gasteiger partial charge in [0, 0.05) is 11.6 Å². The predicted octanol–water partition coefficient (Wildman–Crippen LogP) is 3.23. The van der Waals surface area contributed by atoms with Gasteiger partial charge in [-0.15, -0.1) is 0 Å². The van der Waals surface area contributed by atoms with Crippen LogP contribution in [0, 0.1) is 11.3 Å². The Labute approximate surface area is 81.3 Å². The molecule has 1 heteroatoms. The van der Waals surface area contributed by atoms with Crippen LogP contribution in [0.15, 0.2) is 29.3 Å². The molecule has 0 amide bonds. The Hall–Kier alpha value is -0.850. The molecule has 1 aliphatic heterocycles. The van der Waals surface area contributed by atoms with Crippen LogP contribution in [0.25, 0.3) is 0 Å². The normalized spacial score (nSPS) is 37.2. The second-order valence-corrected chi connectivity index (χ2v) is 4.44. The Kier molecular flexibility index (Phi) is 3.07. The average Bonchev–Trinajstić information content (AvgIpc) is 2.11. The zero-order chi connectivity index (χ0) is 9.90. The standard InChI is InChI=1S/C12H19N/c1-10-5-6-11(2)13-9-12(3,4)8-7-10/h5-11H,1-4H3/b6-5-,8-7-,13-9?. The maximum Gasteiger partial charge on any atom is 0.0648 e. The fraction of sp³-hybridized carbons (Fsp3) is 0.583. The van der Waals surface area contributed by atoms with Gasteiger partial charge in [0.15, 0.2) is 0 Å². The number of nitrogens with zero attached hydrogens (tertiary/aromatic N) is 1. The molecule has 1 aliphatic rings. The third-order valence-corrected chi connectivity index (χ3v) is 2.16. The first-order chi connectivity index (χ1) is 5.99. The SMILES string of the molecule is CC1/C=C\C(C)N=CC(C)(C)/C=C\1. The van der Waals surface area contributed by atoms with Gasteiger partial charge in [-0.3, -0.25) is 4.99 Å². The molecular formula is C12H19N. The van der Waals surface area contributed by atoms with E-state index in [-0.39, 0.29) is 5.41 Å². The van der Waals surface area contributed by atoms with Crippen molar-refractivity contribution in [3.8, 4) is 0 Å². The third-order valence-electron chi connectivity index (χ3n) is 2.16.